The Morgan fingerprint density at radius 3 is 1.74 bits per heavy atom. The van der Waals surface area contributed by atoms with Gasteiger partial charge in [0.15, 0.2) is 17.5 Å². The summed E-state index contributed by atoms with van der Waals surface area (Å²) >= 11 is 0. The van der Waals surface area contributed by atoms with E-state index in [1.165, 1.54) is 27.6 Å². The monoisotopic (exact) mass is 603 g/mol. The molecule has 47 heavy (non-hydrogen) atoms. The van der Waals surface area contributed by atoms with E-state index in [2.05, 4.69) is 85.1 Å². The van der Waals surface area contributed by atoms with Crippen LogP contribution in [0.15, 0.2) is 140 Å². The van der Waals surface area contributed by atoms with E-state index >= 15 is 0 Å². The lowest BCUT2D eigenvalue weighted by molar-refractivity contribution is 1.07. The van der Waals surface area contributed by atoms with Crippen molar-refractivity contribution in [2.75, 3.05) is 0 Å². The van der Waals surface area contributed by atoms with Gasteiger partial charge in [-0.25, -0.2) is 15.0 Å². The summed E-state index contributed by atoms with van der Waals surface area (Å²) in [5.41, 5.74) is 10.9. The largest absolute Gasteiger partial charge is 0.309 e. The molecule has 5 heteroatoms. The maximum Gasteiger partial charge on any atom is 0.165 e. The molecule has 222 valence electrons. The minimum absolute atomic E-state index is 0.453. The van der Waals surface area contributed by atoms with Gasteiger partial charge in [-0.05, 0) is 61.4 Å². The molecule has 5 nitrogen and oxygen atoms in total. The smallest absolute Gasteiger partial charge is 0.165 e. The summed E-state index contributed by atoms with van der Waals surface area (Å²) in [5, 5.41) is 12.6. The SMILES string of the molecule is Cc1cc(C)cc(-c2ccc3c(c2)c2ccccc2n3-c2ccc(C#N)c(-c3nc(-c4ccccc4)nc(-c4ccccc4)n3)c2)c1. The second kappa shape index (κ2) is 11.5. The predicted octanol–water partition coefficient (Wildman–Crippen LogP) is 10.1. The molecule has 0 bridgehead atoms. The third-order valence-corrected chi connectivity index (χ3v) is 8.55. The van der Waals surface area contributed by atoms with Crippen LogP contribution >= 0.6 is 0 Å². The Hall–Kier alpha value is -6.38. The van der Waals surface area contributed by atoms with Crippen LogP contribution in [0.3, 0.4) is 0 Å². The predicted molar refractivity (Wildman–Crippen MR) is 190 cm³/mol. The van der Waals surface area contributed by atoms with E-state index in [1.807, 2.05) is 78.9 Å². The minimum Gasteiger partial charge on any atom is -0.309 e. The molecule has 0 fully saturated rings. The Morgan fingerprint density at radius 2 is 1.09 bits per heavy atom. The number of fused-ring (bicyclic) bond motifs is 3. The van der Waals surface area contributed by atoms with Crippen LogP contribution in [-0.4, -0.2) is 19.5 Å². The van der Waals surface area contributed by atoms with Gasteiger partial charge in [-0.15, -0.1) is 0 Å². The quantitative estimate of drug-likeness (QED) is 0.196. The van der Waals surface area contributed by atoms with Crippen LogP contribution in [0.1, 0.15) is 16.7 Å². The molecular formula is C42H29N5. The molecule has 6 aromatic carbocycles. The highest BCUT2D eigenvalue weighted by molar-refractivity contribution is 6.10. The molecule has 0 radical (unpaired) electrons. The number of rotatable bonds is 5. The molecule has 0 N–H and O–H groups in total. The maximum absolute atomic E-state index is 10.3. The Kier molecular flexibility index (Phi) is 6.89. The number of aryl methyl sites for hydroxylation is 2. The molecule has 0 saturated carbocycles. The zero-order valence-corrected chi connectivity index (χ0v) is 26.0. The number of para-hydroxylation sites is 1. The van der Waals surface area contributed by atoms with Crippen LogP contribution in [0.2, 0.25) is 0 Å². The van der Waals surface area contributed by atoms with Gasteiger partial charge in [0, 0.05) is 33.2 Å². The first-order valence-corrected chi connectivity index (χ1v) is 15.6. The average Bonchev–Trinajstić information content (AvgIpc) is 3.45. The first-order valence-electron chi connectivity index (χ1n) is 15.6. The molecule has 2 heterocycles. The first kappa shape index (κ1) is 28.1. The third-order valence-electron chi connectivity index (χ3n) is 8.55. The summed E-state index contributed by atoms with van der Waals surface area (Å²) in [6.45, 7) is 4.28. The number of nitriles is 1. The van der Waals surface area contributed by atoms with E-state index in [-0.39, 0.29) is 0 Å². The van der Waals surface area contributed by atoms with Crippen molar-refractivity contribution < 1.29 is 0 Å². The second-order valence-corrected chi connectivity index (χ2v) is 11.8. The van der Waals surface area contributed by atoms with E-state index in [0.717, 1.165) is 33.2 Å². The van der Waals surface area contributed by atoms with Gasteiger partial charge in [-0.1, -0.05) is 114 Å². The molecule has 0 atom stereocenters. The zero-order valence-electron chi connectivity index (χ0n) is 26.0. The molecule has 2 aromatic heterocycles. The van der Waals surface area contributed by atoms with Crippen LogP contribution in [0.5, 0.6) is 0 Å². The lowest BCUT2D eigenvalue weighted by Gasteiger charge is -2.13. The summed E-state index contributed by atoms with van der Waals surface area (Å²) < 4.78 is 2.26. The van der Waals surface area contributed by atoms with Crippen LogP contribution in [0.25, 0.3) is 72.8 Å². The fraction of sp³-hybridized carbons (Fsp3) is 0.0476. The second-order valence-electron chi connectivity index (χ2n) is 11.8. The molecule has 0 unspecified atom stereocenters. The topological polar surface area (TPSA) is 67.4 Å². The average molecular weight is 604 g/mol. The lowest BCUT2D eigenvalue weighted by Crippen LogP contribution is -2.02. The van der Waals surface area contributed by atoms with Crippen molar-refractivity contribution >= 4 is 21.8 Å². The number of hydrogen-bond donors (Lipinski definition) is 0. The van der Waals surface area contributed by atoms with Gasteiger partial charge in [0.05, 0.1) is 22.7 Å². The van der Waals surface area contributed by atoms with Crippen LogP contribution < -0.4 is 0 Å². The Balaban J connectivity index is 1.34. The van der Waals surface area contributed by atoms with Crippen LogP contribution in [0.4, 0.5) is 0 Å². The third kappa shape index (κ3) is 5.12. The number of hydrogen-bond acceptors (Lipinski definition) is 4. The molecule has 0 aliphatic rings. The van der Waals surface area contributed by atoms with E-state index in [0.29, 0.717) is 28.6 Å². The van der Waals surface area contributed by atoms with Gasteiger partial charge in [0.1, 0.15) is 0 Å². The number of aromatic nitrogens is 4. The van der Waals surface area contributed by atoms with Crippen molar-refractivity contribution in [1.29, 1.82) is 5.26 Å². The fourth-order valence-electron chi connectivity index (χ4n) is 6.45. The summed E-state index contributed by atoms with van der Waals surface area (Å²) in [6, 6.07) is 49.9. The number of nitrogens with zero attached hydrogens (tertiary/aromatic N) is 5. The van der Waals surface area contributed by atoms with Crippen molar-refractivity contribution in [3.05, 3.63) is 156 Å². The molecule has 0 saturated heterocycles. The van der Waals surface area contributed by atoms with Crippen molar-refractivity contribution in [3.8, 4) is 57.0 Å². The van der Waals surface area contributed by atoms with Gasteiger partial charge in [-0.2, -0.15) is 5.26 Å². The molecule has 0 aliphatic carbocycles. The standard InChI is InChI=1S/C42H29N5/c1-27-21-28(2)23-33(22-27)31-18-20-39-37(24-31)35-15-9-10-16-38(35)47(39)34-19-17-32(26-43)36(25-34)42-45-40(29-11-5-3-6-12-29)44-41(46-42)30-13-7-4-8-14-30/h3-25H,1-2H3. The Morgan fingerprint density at radius 1 is 0.489 bits per heavy atom. The van der Waals surface area contributed by atoms with E-state index in [9.17, 15) is 5.26 Å². The number of benzene rings is 6. The molecule has 8 aromatic rings. The van der Waals surface area contributed by atoms with Crippen molar-refractivity contribution in [2.45, 2.75) is 13.8 Å². The van der Waals surface area contributed by atoms with Crippen molar-refractivity contribution in [1.82, 2.24) is 19.5 Å². The van der Waals surface area contributed by atoms with Crippen LogP contribution in [0, 0.1) is 25.2 Å². The van der Waals surface area contributed by atoms with E-state index < -0.39 is 0 Å². The molecular weight excluding hydrogens is 574 g/mol. The maximum atomic E-state index is 10.3. The van der Waals surface area contributed by atoms with Crippen molar-refractivity contribution in [2.24, 2.45) is 0 Å². The summed E-state index contributed by atoms with van der Waals surface area (Å²) in [5.74, 6) is 1.56. The highest BCUT2D eigenvalue weighted by atomic mass is 15.0. The van der Waals surface area contributed by atoms with Gasteiger partial charge in [-0.3, -0.25) is 0 Å². The highest BCUT2D eigenvalue weighted by Gasteiger charge is 2.18. The van der Waals surface area contributed by atoms with Gasteiger partial charge >= 0.3 is 0 Å². The Bertz CT molecular complexity index is 2410. The highest BCUT2D eigenvalue weighted by Crippen LogP contribution is 2.37. The van der Waals surface area contributed by atoms with Gasteiger partial charge in [0.2, 0.25) is 0 Å². The van der Waals surface area contributed by atoms with Gasteiger partial charge in [0.25, 0.3) is 0 Å². The van der Waals surface area contributed by atoms with Crippen molar-refractivity contribution in [3.63, 3.8) is 0 Å². The lowest BCUT2D eigenvalue weighted by atomic mass is 9.99. The zero-order chi connectivity index (χ0) is 31.9. The molecule has 0 aliphatic heterocycles. The Labute approximate surface area is 273 Å². The first-order chi connectivity index (χ1) is 23.1. The molecule has 0 amide bonds. The molecule has 0 spiro atoms. The van der Waals surface area contributed by atoms with Crippen LogP contribution in [-0.2, 0) is 0 Å². The summed E-state index contributed by atoms with van der Waals surface area (Å²) in [7, 11) is 0. The van der Waals surface area contributed by atoms with E-state index in [1.54, 1.807) is 0 Å². The van der Waals surface area contributed by atoms with Gasteiger partial charge < -0.3 is 4.57 Å². The minimum atomic E-state index is 0.453. The molecule has 8 rings (SSSR count). The summed E-state index contributed by atoms with van der Waals surface area (Å²) in [6.07, 6.45) is 0. The fourth-order valence-corrected chi connectivity index (χ4v) is 6.45. The summed E-state index contributed by atoms with van der Waals surface area (Å²) in [4.78, 5) is 14.7. The normalized spacial score (nSPS) is 11.2. The van der Waals surface area contributed by atoms with E-state index in [4.69, 9.17) is 15.0 Å².